The van der Waals surface area contributed by atoms with Gasteiger partial charge in [-0.2, -0.15) is 0 Å². The van der Waals surface area contributed by atoms with Gasteiger partial charge in [0.25, 0.3) is 0 Å². The molecule has 0 saturated carbocycles. The summed E-state index contributed by atoms with van der Waals surface area (Å²) in [6.07, 6.45) is 2.82. The van der Waals surface area contributed by atoms with E-state index in [1.165, 1.54) is 6.92 Å². The van der Waals surface area contributed by atoms with Crippen molar-refractivity contribution in [3.8, 4) is 5.69 Å². The minimum Gasteiger partial charge on any atom is -0.337 e. The van der Waals surface area contributed by atoms with Crippen LogP contribution in [-0.2, 0) is 11.2 Å². The number of nitrogens with zero attached hydrogens (tertiary/aromatic N) is 1. The minimum atomic E-state index is -0.0738. The fourth-order valence-corrected chi connectivity index (χ4v) is 2.13. The second-order valence-corrected chi connectivity index (χ2v) is 4.39. The molecule has 0 aliphatic carbocycles. The number of hydrogen-bond donors (Lipinski definition) is 2. The average Bonchev–Trinajstić information content (AvgIpc) is 2.71. The van der Waals surface area contributed by atoms with Crippen LogP contribution >= 0.6 is 12.2 Å². The lowest BCUT2D eigenvalue weighted by Gasteiger charge is -2.08. The van der Waals surface area contributed by atoms with Gasteiger partial charge in [-0.05, 0) is 42.9 Å². The molecule has 0 spiro atoms. The van der Waals surface area contributed by atoms with Gasteiger partial charge in [-0.3, -0.25) is 9.36 Å². The Hall–Kier alpha value is -1.88. The standard InChI is InChI=1S/C13H15N3OS/c1-3-11-8-14-13(18)16(11)12-6-4-10(5-7-12)15-9(2)17/h4-8H,3H2,1-2H3,(H,14,18)(H,15,17). The molecule has 1 aromatic carbocycles. The van der Waals surface area contributed by atoms with Gasteiger partial charge in [0.15, 0.2) is 4.77 Å². The van der Waals surface area contributed by atoms with Crippen molar-refractivity contribution in [2.45, 2.75) is 20.3 Å². The van der Waals surface area contributed by atoms with Crippen molar-refractivity contribution in [1.29, 1.82) is 0 Å². The number of H-pyrrole nitrogens is 1. The van der Waals surface area contributed by atoms with Crippen molar-refractivity contribution in [1.82, 2.24) is 9.55 Å². The number of amides is 1. The highest BCUT2D eigenvalue weighted by molar-refractivity contribution is 7.71. The van der Waals surface area contributed by atoms with Crippen LogP contribution in [0.5, 0.6) is 0 Å². The summed E-state index contributed by atoms with van der Waals surface area (Å²) in [6.45, 7) is 3.57. The molecule has 5 heteroatoms. The largest absolute Gasteiger partial charge is 0.337 e. The highest BCUT2D eigenvalue weighted by Crippen LogP contribution is 2.16. The van der Waals surface area contributed by atoms with Crippen LogP contribution in [0.1, 0.15) is 19.5 Å². The van der Waals surface area contributed by atoms with E-state index >= 15 is 0 Å². The van der Waals surface area contributed by atoms with Gasteiger partial charge in [-0.25, -0.2) is 0 Å². The number of aromatic amines is 1. The van der Waals surface area contributed by atoms with Crippen molar-refractivity contribution in [2.75, 3.05) is 5.32 Å². The third kappa shape index (κ3) is 2.51. The number of carbonyl (C=O) groups is 1. The second-order valence-electron chi connectivity index (χ2n) is 4.00. The Balaban J connectivity index is 2.37. The molecule has 0 saturated heterocycles. The summed E-state index contributed by atoms with van der Waals surface area (Å²) in [4.78, 5) is 14.0. The van der Waals surface area contributed by atoms with Crippen molar-refractivity contribution < 1.29 is 4.79 Å². The second kappa shape index (κ2) is 5.18. The first-order valence-electron chi connectivity index (χ1n) is 5.79. The van der Waals surface area contributed by atoms with E-state index in [9.17, 15) is 4.79 Å². The molecule has 0 atom stereocenters. The van der Waals surface area contributed by atoms with E-state index in [-0.39, 0.29) is 5.91 Å². The number of rotatable bonds is 3. The van der Waals surface area contributed by atoms with Crippen LogP contribution in [0.25, 0.3) is 5.69 Å². The number of anilines is 1. The molecule has 0 fully saturated rings. The Morgan fingerprint density at radius 2 is 2.06 bits per heavy atom. The maximum Gasteiger partial charge on any atom is 0.221 e. The molecule has 1 aromatic heterocycles. The molecule has 0 bridgehead atoms. The van der Waals surface area contributed by atoms with Gasteiger partial charge in [0.2, 0.25) is 5.91 Å². The van der Waals surface area contributed by atoms with Crippen LogP contribution in [0.2, 0.25) is 0 Å². The van der Waals surface area contributed by atoms with Gasteiger partial charge in [0.1, 0.15) is 0 Å². The Bertz CT molecular complexity index is 610. The van der Waals surface area contributed by atoms with E-state index in [0.29, 0.717) is 4.77 Å². The fourth-order valence-electron chi connectivity index (χ4n) is 1.84. The van der Waals surface area contributed by atoms with Gasteiger partial charge < -0.3 is 10.3 Å². The van der Waals surface area contributed by atoms with Crippen LogP contribution in [0, 0.1) is 4.77 Å². The lowest BCUT2D eigenvalue weighted by molar-refractivity contribution is -0.114. The van der Waals surface area contributed by atoms with E-state index in [1.54, 1.807) is 0 Å². The molecule has 0 aliphatic rings. The first-order valence-corrected chi connectivity index (χ1v) is 6.20. The molecule has 2 aromatic rings. The summed E-state index contributed by atoms with van der Waals surface area (Å²) in [5.74, 6) is -0.0738. The molecule has 4 nitrogen and oxygen atoms in total. The maximum atomic E-state index is 10.9. The van der Waals surface area contributed by atoms with Crippen LogP contribution in [0.4, 0.5) is 5.69 Å². The van der Waals surface area contributed by atoms with Gasteiger partial charge >= 0.3 is 0 Å². The molecule has 0 unspecified atom stereocenters. The summed E-state index contributed by atoms with van der Waals surface area (Å²) in [5.41, 5.74) is 2.91. The number of hydrogen-bond acceptors (Lipinski definition) is 2. The quantitative estimate of drug-likeness (QED) is 0.834. The smallest absolute Gasteiger partial charge is 0.221 e. The molecule has 0 radical (unpaired) electrons. The minimum absolute atomic E-state index is 0.0738. The number of aryl methyl sites for hydroxylation is 1. The zero-order valence-electron chi connectivity index (χ0n) is 10.4. The number of benzene rings is 1. The monoisotopic (exact) mass is 261 g/mol. The molecular formula is C13H15N3OS. The average molecular weight is 261 g/mol. The number of aromatic nitrogens is 2. The molecule has 1 amide bonds. The lowest BCUT2D eigenvalue weighted by atomic mass is 10.2. The number of carbonyl (C=O) groups excluding carboxylic acids is 1. The number of imidazole rings is 1. The SMILES string of the molecule is CCc1c[nH]c(=S)n1-c1ccc(NC(C)=O)cc1. The Labute approximate surface area is 111 Å². The topological polar surface area (TPSA) is 49.8 Å². The summed E-state index contributed by atoms with van der Waals surface area (Å²) in [5, 5.41) is 2.74. The number of nitrogens with one attached hydrogen (secondary N) is 2. The maximum absolute atomic E-state index is 10.9. The van der Waals surface area contributed by atoms with E-state index in [1.807, 2.05) is 35.0 Å². The molecular weight excluding hydrogens is 246 g/mol. The first-order chi connectivity index (χ1) is 8.61. The van der Waals surface area contributed by atoms with Crippen LogP contribution in [0.15, 0.2) is 30.5 Å². The molecule has 2 N–H and O–H groups in total. The predicted octanol–water partition coefficient (Wildman–Crippen LogP) is 3.06. The zero-order valence-corrected chi connectivity index (χ0v) is 11.2. The third-order valence-electron chi connectivity index (χ3n) is 2.66. The fraction of sp³-hybridized carbons (Fsp3) is 0.231. The van der Waals surface area contributed by atoms with Crippen molar-refractivity contribution in [3.05, 3.63) is 40.9 Å². The van der Waals surface area contributed by atoms with Gasteiger partial charge in [0.05, 0.1) is 0 Å². The van der Waals surface area contributed by atoms with Gasteiger partial charge in [0, 0.05) is 30.2 Å². The molecule has 1 heterocycles. The van der Waals surface area contributed by atoms with Gasteiger partial charge in [-0.1, -0.05) is 6.92 Å². The molecule has 18 heavy (non-hydrogen) atoms. The Kier molecular flexibility index (Phi) is 3.62. The third-order valence-corrected chi connectivity index (χ3v) is 2.96. The van der Waals surface area contributed by atoms with Crippen molar-refractivity contribution in [3.63, 3.8) is 0 Å². The molecule has 2 rings (SSSR count). The Morgan fingerprint density at radius 3 is 2.61 bits per heavy atom. The first kappa shape index (κ1) is 12.6. The molecule has 94 valence electrons. The zero-order chi connectivity index (χ0) is 13.1. The van der Waals surface area contributed by atoms with E-state index < -0.39 is 0 Å². The van der Waals surface area contributed by atoms with E-state index in [4.69, 9.17) is 12.2 Å². The normalized spacial score (nSPS) is 10.3. The highest BCUT2D eigenvalue weighted by Gasteiger charge is 2.04. The van der Waals surface area contributed by atoms with Crippen molar-refractivity contribution >= 4 is 23.8 Å². The van der Waals surface area contributed by atoms with Crippen molar-refractivity contribution in [2.24, 2.45) is 0 Å². The van der Waals surface area contributed by atoms with E-state index in [0.717, 1.165) is 23.5 Å². The Morgan fingerprint density at radius 1 is 1.39 bits per heavy atom. The summed E-state index contributed by atoms with van der Waals surface area (Å²) in [7, 11) is 0. The molecule has 0 aliphatic heterocycles. The summed E-state index contributed by atoms with van der Waals surface area (Å²) >= 11 is 5.26. The van der Waals surface area contributed by atoms with Gasteiger partial charge in [-0.15, -0.1) is 0 Å². The van der Waals surface area contributed by atoms with E-state index in [2.05, 4.69) is 17.2 Å². The van der Waals surface area contributed by atoms with Crippen LogP contribution in [0.3, 0.4) is 0 Å². The predicted molar refractivity (Wildman–Crippen MR) is 74.6 cm³/mol. The summed E-state index contributed by atoms with van der Waals surface area (Å²) in [6, 6.07) is 7.61. The lowest BCUT2D eigenvalue weighted by Crippen LogP contribution is -2.06. The highest BCUT2D eigenvalue weighted by atomic mass is 32.1. The van der Waals surface area contributed by atoms with Crippen LogP contribution in [-0.4, -0.2) is 15.5 Å². The summed E-state index contributed by atoms with van der Waals surface area (Å²) < 4.78 is 2.67. The van der Waals surface area contributed by atoms with Crippen LogP contribution < -0.4 is 5.32 Å².